The summed E-state index contributed by atoms with van der Waals surface area (Å²) in [7, 11) is -4.78. The molecule has 0 saturated carbocycles. The van der Waals surface area contributed by atoms with Crippen LogP contribution in [-0.2, 0) is 37.5 Å². The Balaban J connectivity index is 4.67. The Kier molecular flexibility index (Phi) is 41.3. The summed E-state index contributed by atoms with van der Waals surface area (Å²) in [5, 5.41) is 8.90. The SMILES string of the molecule is CC=CCC=CCC=CCC=CCC=CCC=CCC=CCC(=O)OC[C@H](COP(=O)(O)OC[C@H](N)C(=O)O)OC(=O)CC=CCC=CCC=CCC=CCC=CCC=CCCCC. The molecule has 0 aromatic heterocycles. The van der Waals surface area contributed by atoms with Gasteiger partial charge in [0.25, 0.3) is 0 Å². The van der Waals surface area contributed by atoms with Crippen molar-refractivity contribution in [3.05, 3.63) is 158 Å². The van der Waals surface area contributed by atoms with Crippen molar-refractivity contribution in [3.63, 3.8) is 0 Å². The number of esters is 2. The molecule has 0 amide bonds. The van der Waals surface area contributed by atoms with Crippen molar-refractivity contribution >= 4 is 25.7 Å². The Morgan fingerprint density at radius 2 is 0.859 bits per heavy atom. The van der Waals surface area contributed by atoms with Gasteiger partial charge in [-0.05, 0) is 84.0 Å². The third-order valence-electron chi connectivity index (χ3n) is 8.41. The topological polar surface area (TPSA) is 172 Å². The minimum absolute atomic E-state index is 0.0443. The molecule has 0 heterocycles. The Morgan fingerprint density at radius 3 is 1.23 bits per heavy atom. The number of allylic oxidation sites excluding steroid dienone is 24. The fraction of sp³-hybridized carbons (Fsp3) is 0.442. The van der Waals surface area contributed by atoms with E-state index in [1.165, 1.54) is 12.8 Å². The number of unbranched alkanes of at least 4 members (excludes halogenated alkanes) is 2. The zero-order valence-corrected chi connectivity index (χ0v) is 39.2. The Bertz CT molecular complexity index is 1680. The van der Waals surface area contributed by atoms with Crippen LogP contribution in [0.25, 0.3) is 0 Å². The quantitative estimate of drug-likeness (QED) is 0.0232. The van der Waals surface area contributed by atoms with E-state index in [0.717, 1.165) is 64.2 Å². The maximum absolute atomic E-state index is 12.6. The highest BCUT2D eigenvalue weighted by atomic mass is 31.2. The number of aliphatic carboxylic acids is 1. The van der Waals surface area contributed by atoms with Crippen LogP contribution in [0.5, 0.6) is 0 Å². The molecule has 0 aromatic rings. The molecule has 3 atom stereocenters. The third kappa shape index (κ3) is 43.7. The van der Waals surface area contributed by atoms with Gasteiger partial charge in [-0.1, -0.05) is 178 Å². The number of hydrogen-bond donors (Lipinski definition) is 3. The smallest absolute Gasteiger partial charge is 0.472 e. The normalized spacial score (nSPS) is 15.1. The molecule has 0 aromatic carbocycles. The first-order valence-corrected chi connectivity index (χ1v) is 24.0. The fourth-order valence-corrected chi connectivity index (χ4v) is 5.65. The van der Waals surface area contributed by atoms with Gasteiger partial charge in [0, 0.05) is 0 Å². The van der Waals surface area contributed by atoms with Crippen LogP contribution in [0.1, 0.15) is 117 Å². The molecule has 64 heavy (non-hydrogen) atoms. The lowest BCUT2D eigenvalue weighted by Crippen LogP contribution is -2.34. The molecule has 0 radical (unpaired) electrons. The number of carbonyl (C=O) groups excluding carboxylic acids is 2. The second-order valence-electron chi connectivity index (χ2n) is 14.2. The van der Waals surface area contributed by atoms with Gasteiger partial charge in [0.2, 0.25) is 0 Å². The molecule has 354 valence electrons. The first-order valence-electron chi connectivity index (χ1n) is 22.5. The van der Waals surface area contributed by atoms with Crippen LogP contribution in [0.2, 0.25) is 0 Å². The summed E-state index contributed by atoms with van der Waals surface area (Å²) in [6.45, 7) is 2.30. The zero-order valence-electron chi connectivity index (χ0n) is 38.3. The Hall–Kier alpha value is -4.90. The Morgan fingerprint density at radius 1 is 0.516 bits per heavy atom. The van der Waals surface area contributed by atoms with Crippen molar-refractivity contribution < 1.29 is 47.5 Å². The van der Waals surface area contributed by atoms with E-state index in [2.05, 4.69) is 115 Å². The molecule has 1 unspecified atom stereocenters. The van der Waals surface area contributed by atoms with E-state index >= 15 is 0 Å². The summed E-state index contributed by atoms with van der Waals surface area (Å²) < 4.78 is 32.5. The van der Waals surface area contributed by atoms with Gasteiger partial charge < -0.3 is 25.2 Å². The standard InChI is InChI=1S/C52H76NO10P/c1-3-5-7-9-11-13-15-17-19-21-23-25-27-29-31-33-35-37-39-41-43-50(54)60-45-48(46-61-64(58,59)62-47-49(53)52(56)57)63-51(55)44-42-40-38-36-34-32-30-28-26-24-22-20-18-16-14-12-10-8-6-4-2/h3,5,9-12,15-18,21-24,27-30,33-36,39-42,48-49H,4,6-8,13-14,19-20,25-26,31-32,37-38,43-47,53H2,1-2H3,(H,56,57)(H,58,59)/t48-,49+/m1/s1. The first kappa shape index (κ1) is 59.1. The summed E-state index contributed by atoms with van der Waals surface area (Å²) in [6.07, 6.45) is 65.1. The average molecular weight is 906 g/mol. The van der Waals surface area contributed by atoms with E-state index in [1.54, 1.807) is 18.2 Å². The minimum atomic E-state index is -4.78. The third-order valence-corrected chi connectivity index (χ3v) is 9.36. The molecule has 0 aliphatic carbocycles. The number of carboxylic acid groups (broad SMARTS) is 1. The highest BCUT2D eigenvalue weighted by Crippen LogP contribution is 2.43. The van der Waals surface area contributed by atoms with Crippen LogP contribution >= 0.6 is 7.82 Å². The van der Waals surface area contributed by atoms with Crippen LogP contribution in [0, 0.1) is 0 Å². The number of carboxylic acids is 1. The van der Waals surface area contributed by atoms with Crippen molar-refractivity contribution in [1.82, 2.24) is 0 Å². The number of nitrogens with two attached hydrogens (primary N) is 1. The average Bonchev–Trinajstić information content (AvgIpc) is 3.27. The number of rotatable bonds is 39. The number of hydrogen-bond acceptors (Lipinski definition) is 9. The van der Waals surface area contributed by atoms with Crippen molar-refractivity contribution in [2.24, 2.45) is 5.73 Å². The summed E-state index contributed by atoms with van der Waals surface area (Å²) in [6, 6.07) is -1.56. The first-order chi connectivity index (χ1) is 31.1. The highest BCUT2D eigenvalue weighted by Gasteiger charge is 2.28. The maximum Gasteiger partial charge on any atom is 0.472 e. The lowest BCUT2D eigenvalue weighted by molar-refractivity contribution is -0.160. The van der Waals surface area contributed by atoms with Crippen molar-refractivity contribution in [2.75, 3.05) is 19.8 Å². The van der Waals surface area contributed by atoms with E-state index in [4.69, 9.17) is 24.8 Å². The second kappa shape index (κ2) is 44.7. The molecule has 0 bridgehead atoms. The van der Waals surface area contributed by atoms with Gasteiger partial charge in [0.15, 0.2) is 6.10 Å². The monoisotopic (exact) mass is 906 g/mol. The predicted molar refractivity (Wildman–Crippen MR) is 262 cm³/mol. The summed E-state index contributed by atoms with van der Waals surface area (Å²) in [5.74, 6) is -2.73. The van der Waals surface area contributed by atoms with Crippen molar-refractivity contribution in [3.8, 4) is 0 Å². The number of carbonyl (C=O) groups is 3. The second-order valence-corrected chi connectivity index (χ2v) is 15.6. The van der Waals surface area contributed by atoms with Gasteiger partial charge >= 0.3 is 25.7 Å². The summed E-state index contributed by atoms with van der Waals surface area (Å²) >= 11 is 0. The van der Waals surface area contributed by atoms with E-state index < -0.39 is 57.7 Å². The highest BCUT2D eigenvalue weighted by molar-refractivity contribution is 7.47. The van der Waals surface area contributed by atoms with Gasteiger partial charge in [0.1, 0.15) is 12.6 Å². The van der Waals surface area contributed by atoms with Gasteiger partial charge in [-0.2, -0.15) is 0 Å². The van der Waals surface area contributed by atoms with Crippen LogP contribution in [0.15, 0.2) is 158 Å². The lowest BCUT2D eigenvalue weighted by Gasteiger charge is -2.20. The molecule has 0 fully saturated rings. The number of ether oxygens (including phenoxy) is 2. The van der Waals surface area contributed by atoms with Crippen molar-refractivity contribution in [2.45, 2.75) is 129 Å². The van der Waals surface area contributed by atoms with Crippen LogP contribution < -0.4 is 5.73 Å². The molecule has 0 aliphatic rings. The molecule has 0 spiro atoms. The van der Waals surface area contributed by atoms with Crippen LogP contribution in [0.3, 0.4) is 0 Å². The molecule has 0 saturated heterocycles. The van der Waals surface area contributed by atoms with E-state index in [-0.39, 0.29) is 12.8 Å². The molecule has 0 aliphatic heterocycles. The van der Waals surface area contributed by atoms with Gasteiger partial charge in [-0.25, -0.2) is 4.57 Å². The van der Waals surface area contributed by atoms with Crippen LogP contribution in [0.4, 0.5) is 0 Å². The maximum atomic E-state index is 12.6. The molecule has 12 heteroatoms. The van der Waals surface area contributed by atoms with Crippen molar-refractivity contribution in [1.29, 1.82) is 0 Å². The van der Waals surface area contributed by atoms with Gasteiger partial charge in [-0.15, -0.1) is 0 Å². The number of phosphoric acid groups is 1. The minimum Gasteiger partial charge on any atom is -0.480 e. The molecule has 4 N–H and O–H groups in total. The predicted octanol–water partition coefficient (Wildman–Crippen LogP) is 12.5. The summed E-state index contributed by atoms with van der Waals surface area (Å²) in [4.78, 5) is 45.9. The molecular formula is C52H76NO10P. The van der Waals surface area contributed by atoms with E-state index in [1.807, 2.05) is 43.4 Å². The summed E-state index contributed by atoms with van der Waals surface area (Å²) in [5.41, 5.74) is 5.32. The molecule has 0 rings (SSSR count). The van der Waals surface area contributed by atoms with Gasteiger partial charge in [-0.3, -0.25) is 23.4 Å². The zero-order chi connectivity index (χ0) is 47.0. The lowest BCUT2D eigenvalue weighted by atomic mass is 10.2. The van der Waals surface area contributed by atoms with Crippen LogP contribution in [-0.4, -0.2) is 59.9 Å². The van der Waals surface area contributed by atoms with Gasteiger partial charge in [0.05, 0.1) is 26.1 Å². The Labute approximate surface area is 384 Å². The largest absolute Gasteiger partial charge is 0.480 e. The molecular weight excluding hydrogens is 830 g/mol. The number of phosphoric ester groups is 1. The van der Waals surface area contributed by atoms with E-state index in [9.17, 15) is 23.8 Å². The molecule has 11 nitrogen and oxygen atoms in total. The fourth-order valence-electron chi connectivity index (χ4n) is 4.88. The van der Waals surface area contributed by atoms with E-state index in [0.29, 0.717) is 12.8 Å².